The van der Waals surface area contributed by atoms with Gasteiger partial charge in [-0.25, -0.2) is 4.79 Å². The predicted molar refractivity (Wildman–Crippen MR) is 74.1 cm³/mol. The lowest BCUT2D eigenvalue weighted by molar-refractivity contribution is -0.0459. The maximum atomic E-state index is 11.9. The molecular formula is C14H20N2O4. The summed E-state index contributed by atoms with van der Waals surface area (Å²) in [5, 5.41) is 8.84. The molecule has 1 N–H and O–H groups in total. The minimum atomic E-state index is -1.09. The number of carbonyl (C=O) groups is 1. The third-order valence-electron chi connectivity index (χ3n) is 3.54. The van der Waals surface area contributed by atoms with E-state index in [1.807, 2.05) is 0 Å². The van der Waals surface area contributed by atoms with Gasteiger partial charge >= 0.3 is 5.97 Å². The number of hydrogen-bond donors (Lipinski definition) is 1. The largest absolute Gasteiger partial charge is 0.478 e. The molecule has 20 heavy (non-hydrogen) atoms. The van der Waals surface area contributed by atoms with Crippen LogP contribution in [0.15, 0.2) is 23.1 Å². The number of pyridine rings is 1. The first kappa shape index (κ1) is 14.7. The lowest BCUT2D eigenvalue weighted by atomic mass is 10.2. The summed E-state index contributed by atoms with van der Waals surface area (Å²) < 4.78 is 7.18. The first-order valence-electron chi connectivity index (χ1n) is 6.77. The van der Waals surface area contributed by atoms with E-state index < -0.39 is 5.97 Å². The number of aromatic carboxylic acids is 1. The van der Waals surface area contributed by atoms with E-state index in [2.05, 4.69) is 18.7 Å². The molecule has 6 nitrogen and oxygen atoms in total. The fraction of sp³-hybridized carbons (Fsp3) is 0.571. The number of nitrogens with zero attached hydrogens (tertiary/aromatic N) is 2. The van der Waals surface area contributed by atoms with Gasteiger partial charge in [0.15, 0.2) is 0 Å². The third kappa shape index (κ3) is 3.46. The number of morpholine rings is 1. The molecule has 2 rings (SSSR count). The van der Waals surface area contributed by atoms with E-state index in [0.717, 1.165) is 19.2 Å². The molecule has 0 amide bonds. The van der Waals surface area contributed by atoms with Crippen molar-refractivity contribution in [1.29, 1.82) is 0 Å². The van der Waals surface area contributed by atoms with Crippen molar-refractivity contribution in [1.82, 2.24) is 9.47 Å². The van der Waals surface area contributed by atoms with E-state index in [1.54, 1.807) is 0 Å². The minimum absolute atomic E-state index is 0.0135. The van der Waals surface area contributed by atoms with Crippen molar-refractivity contribution in [2.75, 3.05) is 19.7 Å². The average Bonchev–Trinajstić information content (AvgIpc) is 2.41. The Morgan fingerprint density at radius 3 is 2.90 bits per heavy atom. The molecule has 1 aliphatic rings. The zero-order chi connectivity index (χ0) is 14.7. The molecular weight excluding hydrogens is 260 g/mol. The van der Waals surface area contributed by atoms with Gasteiger partial charge in [-0.2, -0.15) is 0 Å². The average molecular weight is 280 g/mol. The Labute approximate surface area is 117 Å². The summed E-state index contributed by atoms with van der Waals surface area (Å²) in [6.45, 7) is 7.06. The summed E-state index contributed by atoms with van der Waals surface area (Å²) in [6.07, 6.45) is 1.48. The van der Waals surface area contributed by atoms with Crippen molar-refractivity contribution in [3.05, 3.63) is 34.2 Å². The Morgan fingerprint density at radius 2 is 2.30 bits per heavy atom. The van der Waals surface area contributed by atoms with E-state index in [0.29, 0.717) is 19.2 Å². The summed E-state index contributed by atoms with van der Waals surface area (Å²) in [4.78, 5) is 25.0. The first-order valence-corrected chi connectivity index (χ1v) is 6.77. The van der Waals surface area contributed by atoms with Crippen LogP contribution >= 0.6 is 0 Å². The second-order valence-corrected chi connectivity index (χ2v) is 5.29. The van der Waals surface area contributed by atoms with Crippen molar-refractivity contribution < 1.29 is 14.6 Å². The standard InChI is InChI=1S/C14H20N2O4/c1-10(2)15-5-6-20-12(8-15)9-16-4-3-11(14(18)19)7-13(16)17/h3-4,7,10,12H,5-6,8-9H2,1-2H3,(H,18,19). The van der Waals surface area contributed by atoms with Crippen LogP contribution in [0.3, 0.4) is 0 Å². The van der Waals surface area contributed by atoms with E-state index in [4.69, 9.17) is 9.84 Å². The summed E-state index contributed by atoms with van der Waals surface area (Å²) in [5.41, 5.74) is -0.296. The van der Waals surface area contributed by atoms with Crippen LogP contribution in [0.2, 0.25) is 0 Å². The zero-order valence-electron chi connectivity index (χ0n) is 11.8. The van der Waals surface area contributed by atoms with Crippen molar-refractivity contribution >= 4 is 5.97 Å². The quantitative estimate of drug-likeness (QED) is 0.877. The molecule has 1 atom stereocenters. The minimum Gasteiger partial charge on any atom is -0.478 e. The number of rotatable bonds is 4. The smallest absolute Gasteiger partial charge is 0.335 e. The van der Waals surface area contributed by atoms with Gasteiger partial charge in [-0.3, -0.25) is 9.69 Å². The molecule has 1 aliphatic heterocycles. The lowest BCUT2D eigenvalue weighted by Crippen LogP contribution is -2.47. The molecule has 1 saturated heterocycles. The van der Waals surface area contributed by atoms with Gasteiger partial charge in [0.05, 0.1) is 24.8 Å². The summed E-state index contributed by atoms with van der Waals surface area (Å²) in [7, 11) is 0. The van der Waals surface area contributed by atoms with Crippen molar-refractivity contribution in [2.24, 2.45) is 0 Å². The third-order valence-corrected chi connectivity index (χ3v) is 3.54. The van der Waals surface area contributed by atoms with Crippen LogP contribution in [0.25, 0.3) is 0 Å². The van der Waals surface area contributed by atoms with Crippen molar-refractivity contribution in [2.45, 2.75) is 32.5 Å². The van der Waals surface area contributed by atoms with Crippen LogP contribution in [-0.4, -0.2) is 52.4 Å². The molecule has 0 saturated carbocycles. The first-order chi connectivity index (χ1) is 9.47. The molecule has 0 aliphatic carbocycles. The highest BCUT2D eigenvalue weighted by Crippen LogP contribution is 2.10. The maximum absolute atomic E-state index is 11.9. The highest BCUT2D eigenvalue weighted by Gasteiger charge is 2.22. The summed E-state index contributed by atoms with van der Waals surface area (Å²) >= 11 is 0. The number of aromatic nitrogens is 1. The fourth-order valence-electron chi connectivity index (χ4n) is 2.33. The van der Waals surface area contributed by atoms with Gasteiger partial charge in [0, 0.05) is 31.4 Å². The molecule has 0 bridgehead atoms. The number of carboxylic acids is 1. The van der Waals surface area contributed by atoms with Crippen molar-refractivity contribution in [3.8, 4) is 0 Å². The fourth-order valence-corrected chi connectivity index (χ4v) is 2.33. The number of hydrogen-bond acceptors (Lipinski definition) is 4. The molecule has 2 heterocycles. The van der Waals surface area contributed by atoms with Crippen LogP contribution in [0.1, 0.15) is 24.2 Å². The number of ether oxygens (including phenoxy) is 1. The summed E-state index contributed by atoms with van der Waals surface area (Å²) in [5.74, 6) is -1.09. The Balaban J connectivity index is 2.06. The molecule has 0 radical (unpaired) electrons. The molecule has 1 unspecified atom stereocenters. The van der Waals surface area contributed by atoms with E-state index in [-0.39, 0.29) is 17.2 Å². The normalized spacial score (nSPS) is 20.2. The second kappa shape index (κ2) is 6.19. The van der Waals surface area contributed by atoms with Gasteiger partial charge < -0.3 is 14.4 Å². The number of carboxylic acid groups (broad SMARTS) is 1. The highest BCUT2D eigenvalue weighted by molar-refractivity contribution is 5.87. The van der Waals surface area contributed by atoms with Gasteiger partial charge in [0.25, 0.3) is 5.56 Å². The monoisotopic (exact) mass is 280 g/mol. The van der Waals surface area contributed by atoms with Crippen molar-refractivity contribution in [3.63, 3.8) is 0 Å². The molecule has 0 aromatic carbocycles. The predicted octanol–water partition coefficient (Wildman–Crippen LogP) is 0.656. The molecule has 1 aromatic heterocycles. The van der Waals surface area contributed by atoms with E-state index >= 15 is 0 Å². The van der Waals surface area contributed by atoms with E-state index in [1.165, 1.54) is 16.8 Å². The van der Waals surface area contributed by atoms with Crippen LogP contribution in [-0.2, 0) is 11.3 Å². The van der Waals surface area contributed by atoms with Gasteiger partial charge in [-0.15, -0.1) is 0 Å². The highest BCUT2D eigenvalue weighted by atomic mass is 16.5. The molecule has 6 heteroatoms. The van der Waals surface area contributed by atoms with Gasteiger partial charge in [-0.05, 0) is 19.9 Å². The topological polar surface area (TPSA) is 71.8 Å². The molecule has 1 aromatic rings. The Morgan fingerprint density at radius 1 is 1.55 bits per heavy atom. The van der Waals surface area contributed by atoms with Crippen LogP contribution in [0.5, 0.6) is 0 Å². The van der Waals surface area contributed by atoms with Crippen LogP contribution in [0.4, 0.5) is 0 Å². The molecule has 1 fully saturated rings. The Hall–Kier alpha value is -1.66. The van der Waals surface area contributed by atoms with Crippen LogP contribution in [0, 0.1) is 0 Å². The SMILES string of the molecule is CC(C)N1CCOC(Cn2ccc(C(=O)O)cc2=O)C1. The summed E-state index contributed by atoms with van der Waals surface area (Å²) in [6, 6.07) is 3.03. The van der Waals surface area contributed by atoms with Crippen LogP contribution < -0.4 is 5.56 Å². The lowest BCUT2D eigenvalue weighted by Gasteiger charge is -2.35. The second-order valence-electron chi connectivity index (χ2n) is 5.29. The van der Waals surface area contributed by atoms with E-state index in [9.17, 15) is 9.59 Å². The van der Waals surface area contributed by atoms with Gasteiger partial charge in [-0.1, -0.05) is 0 Å². The Kier molecular flexibility index (Phi) is 4.57. The zero-order valence-corrected chi connectivity index (χ0v) is 11.8. The molecule has 0 spiro atoms. The maximum Gasteiger partial charge on any atom is 0.335 e. The Bertz CT molecular complexity index is 538. The van der Waals surface area contributed by atoms with Gasteiger partial charge in [0.1, 0.15) is 0 Å². The van der Waals surface area contributed by atoms with Gasteiger partial charge in [0.2, 0.25) is 0 Å². The molecule has 110 valence electrons.